The van der Waals surface area contributed by atoms with Crippen molar-refractivity contribution in [2.75, 3.05) is 26.2 Å². The summed E-state index contributed by atoms with van der Waals surface area (Å²) < 4.78 is 5.66. The molecule has 0 saturated carbocycles. The molecule has 0 bridgehead atoms. The molecule has 0 radical (unpaired) electrons. The average Bonchev–Trinajstić information content (AvgIpc) is 2.44. The summed E-state index contributed by atoms with van der Waals surface area (Å²) in [5.41, 5.74) is 0. The molecule has 21 heavy (non-hydrogen) atoms. The number of carbonyl (C=O) groups is 2. The third-order valence-corrected chi connectivity index (χ3v) is 3.62. The molecule has 1 atom stereocenters. The molecule has 6 nitrogen and oxygen atoms in total. The van der Waals surface area contributed by atoms with E-state index in [1.54, 1.807) is 0 Å². The quantitative estimate of drug-likeness (QED) is 0.591. The predicted molar refractivity (Wildman–Crippen MR) is 80.1 cm³/mol. The lowest BCUT2D eigenvalue weighted by Gasteiger charge is -2.22. The largest absolute Gasteiger partial charge is 0.481 e. The first-order chi connectivity index (χ1) is 9.99. The van der Waals surface area contributed by atoms with Crippen LogP contribution in [0.3, 0.4) is 0 Å². The Bertz CT molecular complexity index is 328. The zero-order valence-electron chi connectivity index (χ0n) is 13.1. The Hall–Kier alpha value is -1.14. The highest BCUT2D eigenvalue weighted by Gasteiger charge is 2.20. The molecule has 1 heterocycles. The molecule has 0 aliphatic carbocycles. The maximum absolute atomic E-state index is 11.7. The molecule has 1 fully saturated rings. The Balaban J connectivity index is 2.15. The molecular weight excluding hydrogens is 272 g/mol. The van der Waals surface area contributed by atoms with Crippen LogP contribution in [0.1, 0.15) is 39.5 Å². The van der Waals surface area contributed by atoms with Gasteiger partial charge in [0.25, 0.3) is 0 Å². The van der Waals surface area contributed by atoms with Gasteiger partial charge in [-0.1, -0.05) is 13.8 Å². The van der Waals surface area contributed by atoms with Crippen molar-refractivity contribution in [2.45, 2.75) is 45.6 Å². The number of carboxylic acid groups (broad SMARTS) is 1. The number of rotatable bonds is 9. The number of ether oxygens (including phenoxy) is 1. The van der Waals surface area contributed by atoms with Crippen molar-refractivity contribution in [3.8, 4) is 0 Å². The van der Waals surface area contributed by atoms with Gasteiger partial charge in [-0.3, -0.25) is 9.59 Å². The number of piperidine rings is 1. The van der Waals surface area contributed by atoms with Crippen LogP contribution in [0.15, 0.2) is 0 Å². The van der Waals surface area contributed by atoms with Gasteiger partial charge in [0.2, 0.25) is 5.91 Å². The third kappa shape index (κ3) is 8.02. The normalized spacial score (nSPS) is 17.7. The highest BCUT2D eigenvalue weighted by atomic mass is 16.5. The van der Waals surface area contributed by atoms with Crippen LogP contribution in [0.25, 0.3) is 0 Å². The number of aliphatic carboxylic acids is 1. The number of amides is 1. The Labute approximate surface area is 126 Å². The fourth-order valence-corrected chi connectivity index (χ4v) is 2.45. The smallest absolute Gasteiger partial charge is 0.308 e. The molecule has 0 spiro atoms. The van der Waals surface area contributed by atoms with Crippen molar-refractivity contribution in [3.63, 3.8) is 0 Å². The zero-order chi connectivity index (χ0) is 15.7. The summed E-state index contributed by atoms with van der Waals surface area (Å²) >= 11 is 0. The SMILES string of the molecule is CC(C)CC(CNC(=O)CCOC1CCNCC1)C(=O)O. The maximum Gasteiger partial charge on any atom is 0.308 e. The molecule has 1 saturated heterocycles. The van der Waals surface area contributed by atoms with Gasteiger partial charge in [0.15, 0.2) is 0 Å². The van der Waals surface area contributed by atoms with Crippen molar-refractivity contribution in [2.24, 2.45) is 11.8 Å². The number of carboxylic acids is 1. The van der Waals surface area contributed by atoms with Crippen molar-refractivity contribution >= 4 is 11.9 Å². The second-order valence-corrected chi connectivity index (χ2v) is 6.04. The van der Waals surface area contributed by atoms with Crippen LogP contribution >= 0.6 is 0 Å². The zero-order valence-corrected chi connectivity index (χ0v) is 13.1. The Morgan fingerprint density at radius 3 is 2.57 bits per heavy atom. The average molecular weight is 300 g/mol. The van der Waals surface area contributed by atoms with E-state index in [-0.39, 0.29) is 25.0 Å². The van der Waals surface area contributed by atoms with E-state index < -0.39 is 11.9 Å². The molecule has 1 aliphatic heterocycles. The molecule has 3 N–H and O–H groups in total. The summed E-state index contributed by atoms with van der Waals surface area (Å²) in [6, 6.07) is 0. The van der Waals surface area contributed by atoms with E-state index in [4.69, 9.17) is 9.84 Å². The lowest BCUT2D eigenvalue weighted by molar-refractivity contribution is -0.142. The van der Waals surface area contributed by atoms with Crippen molar-refractivity contribution < 1.29 is 19.4 Å². The number of hydrogen-bond acceptors (Lipinski definition) is 4. The predicted octanol–water partition coefficient (Wildman–Crippen LogP) is 1.01. The van der Waals surface area contributed by atoms with E-state index in [1.165, 1.54) is 0 Å². The summed E-state index contributed by atoms with van der Waals surface area (Å²) in [5.74, 6) is -1.21. The molecule has 1 amide bonds. The van der Waals surface area contributed by atoms with Crippen LogP contribution in [0.5, 0.6) is 0 Å². The van der Waals surface area contributed by atoms with Crippen LogP contribution in [0.4, 0.5) is 0 Å². The molecule has 0 aromatic heterocycles. The van der Waals surface area contributed by atoms with Crippen molar-refractivity contribution in [1.29, 1.82) is 0 Å². The van der Waals surface area contributed by atoms with Gasteiger partial charge in [0, 0.05) is 13.0 Å². The van der Waals surface area contributed by atoms with E-state index in [2.05, 4.69) is 10.6 Å². The van der Waals surface area contributed by atoms with Crippen LogP contribution in [-0.4, -0.2) is 49.3 Å². The molecule has 122 valence electrons. The first-order valence-corrected chi connectivity index (χ1v) is 7.81. The van der Waals surface area contributed by atoms with Gasteiger partial charge < -0.3 is 20.5 Å². The summed E-state index contributed by atoms with van der Waals surface area (Å²) in [6.45, 7) is 6.48. The summed E-state index contributed by atoms with van der Waals surface area (Å²) in [4.78, 5) is 22.8. The first kappa shape index (κ1) is 17.9. The number of hydrogen-bond donors (Lipinski definition) is 3. The third-order valence-electron chi connectivity index (χ3n) is 3.62. The van der Waals surface area contributed by atoms with Gasteiger partial charge in [-0.15, -0.1) is 0 Å². The van der Waals surface area contributed by atoms with E-state index in [9.17, 15) is 9.59 Å². The lowest BCUT2D eigenvalue weighted by Crippen LogP contribution is -2.35. The molecule has 1 aliphatic rings. The molecule has 0 aromatic rings. The van der Waals surface area contributed by atoms with E-state index in [0.29, 0.717) is 18.9 Å². The molecule has 1 unspecified atom stereocenters. The van der Waals surface area contributed by atoms with Gasteiger partial charge in [0.1, 0.15) is 0 Å². The topological polar surface area (TPSA) is 87.7 Å². The highest BCUT2D eigenvalue weighted by molar-refractivity contribution is 5.77. The van der Waals surface area contributed by atoms with E-state index in [0.717, 1.165) is 25.9 Å². The molecular formula is C15H28N2O4. The van der Waals surface area contributed by atoms with Gasteiger partial charge in [0.05, 0.1) is 18.6 Å². The summed E-state index contributed by atoms with van der Waals surface area (Å²) in [5, 5.41) is 15.1. The Kier molecular flexibility index (Phi) is 8.30. The van der Waals surface area contributed by atoms with Crippen LogP contribution in [0, 0.1) is 11.8 Å². The Morgan fingerprint density at radius 2 is 2.00 bits per heavy atom. The van der Waals surface area contributed by atoms with Crippen LogP contribution < -0.4 is 10.6 Å². The fraction of sp³-hybridized carbons (Fsp3) is 0.867. The van der Waals surface area contributed by atoms with Crippen LogP contribution in [-0.2, 0) is 14.3 Å². The molecule has 6 heteroatoms. The lowest BCUT2D eigenvalue weighted by atomic mass is 9.97. The maximum atomic E-state index is 11.7. The Morgan fingerprint density at radius 1 is 1.33 bits per heavy atom. The van der Waals surface area contributed by atoms with Gasteiger partial charge in [-0.25, -0.2) is 0 Å². The monoisotopic (exact) mass is 300 g/mol. The van der Waals surface area contributed by atoms with E-state index in [1.807, 2.05) is 13.8 Å². The minimum absolute atomic E-state index is 0.140. The van der Waals surface area contributed by atoms with Gasteiger partial charge >= 0.3 is 5.97 Å². The van der Waals surface area contributed by atoms with Gasteiger partial charge in [-0.05, 0) is 38.3 Å². The minimum atomic E-state index is -0.852. The molecule has 0 aromatic carbocycles. The highest BCUT2D eigenvalue weighted by Crippen LogP contribution is 2.11. The summed E-state index contributed by atoms with van der Waals surface area (Å²) in [7, 11) is 0. The summed E-state index contributed by atoms with van der Waals surface area (Å²) in [6.07, 6.45) is 3.07. The number of carbonyl (C=O) groups excluding carboxylic acids is 1. The van der Waals surface area contributed by atoms with Gasteiger partial charge in [-0.2, -0.15) is 0 Å². The molecule has 1 rings (SSSR count). The van der Waals surface area contributed by atoms with E-state index >= 15 is 0 Å². The number of nitrogens with one attached hydrogen (secondary N) is 2. The van der Waals surface area contributed by atoms with Crippen molar-refractivity contribution in [3.05, 3.63) is 0 Å². The second kappa shape index (κ2) is 9.73. The van der Waals surface area contributed by atoms with Crippen LogP contribution in [0.2, 0.25) is 0 Å². The second-order valence-electron chi connectivity index (χ2n) is 6.04. The standard InChI is InChI=1S/C15H28N2O4/c1-11(2)9-12(15(19)20)10-17-14(18)5-8-21-13-3-6-16-7-4-13/h11-13,16H,3-10H2,1-2H3,(H,17,18)(H,19,20). The minimum Gasteiger partial charge on any atom is -0.481 e. The first-order valence-electron chi connectivity index (χ1n) is 7.81. The fourth-order valence-electron chi connectivity index (χ4n) is 2.45. The van der Waals surface area contributed by atoms with Crippen molar-refractivity contribution in [1.82, 2.24) is 10.6 Å².